The third kappa shape index (κ3) is 4.06. The monoisotopic (exact) mass is 392 g/mol. The number of fused-ring (bicyclic) bond motifs is 2. The van der Waals surface area contributed by atoms with E-state index in [1.807, 2.05) is 47.4 Å². The first-order valence-electron chi connectivity index (χ1n) is 10.5. The second-order valence-electron chi connectivity index (χ2n) is 8.22. The average molecular weight is 392 g/mol. The lowest BCUT2D eigenvalue weighted by Gasteiger charge is -2.38. The summed E-state index contributed by atoms with van der Waals surface area (Å²) in [6.07, 6.45) is 3.37. The minimum Gasteiger partial charge on any atom is -0.481 e. The Morgan fingerprint density at radius 3 is 2.59 bits per heavy atom. The molecule has 29 heavy (non-hydrogen) atoms. The van der Waals surface area contributed by atoms with Crippen molar-refractivity contribution >= 4 is 17.6 Å². The van der Waals surface area contributed by atoms with Gasteiger partial charge in [-0.2, -0.15) is 0 Å². The van der Waals surface area contributed by atoms with Gasteiger partial charge in [0.1, 0.15) is 0 Å². The molecule has 1 N–H and O–H groups in total. The van der Waals surface area contributed by atoms with Crippen LogP contribution in [0.3, 0.4) is 0 Å². The highest BCUT2D eigenvalue weighted by atomic mass is 16.4. The number of aliphatic carboxylic acids is 1. The number of aryl methyl sites for hydroxylation is 2. The van der Waals surface area contributed by atoms with E-state index in [9.17, 15) is 14.7 Å². The molecule has 0 aliphatic carbocycles. The van der Waals surface area contributed by atoms with Crippen molar-refractivity contribution in [2.45, 2.75) is 38.6 Å². The maximum atomic E-state index is 13.6. The predicted octanol–water partition coefficient (Wildman–Crippen LogP) is 3.62. The largest absolute Gasteiger partial charge is 0.481 e. The molecule has 0 aromatic heterocycles. The highest BCUT2D eigenvalue weighted by Gasteiger charge is 2.31. The zero-order valence-corrected chi connectivity index (χ0v) is 16.9. The number of para-hydroxylation sites is 1. The van der Waals surface area contributed by atoms with Gasteiger partial charge in [-0.25, -0.2) is 0 Å². The zero-order chi connectivity index (χ0) is 20.4. The third-order valence-corrected chi connectivity index (χ3v) is 6.31. The molecule has 1 unspecified atom stereocenters. The lowest BCUT2D eigenvalue weighted by molar-refractivity contribution is -0.143. The van der Waals surface area contributed by atoms with Gasteiger partial charge in [0, 0.05) is 30.4 Å². The number of carbonyl (C=O) groups excluding carboxylic acids is 1. The van der Waals surface area contributed by atoms with Crippen molar-refractivity contribution in [3.8, 4) is 0 Å². The molecule has 4 rings (SSSR count). The van der Waals surface area contributed by atoms with E-state index < -0.39 is 5.97 Å². The van der Waals surface area contributed by atoms with E-state index in [1.165, 1.54) is 5.56 Å². The van der Waals surface area contributed by atoms with Gasteiger partial charge in [-0.05, 0) is 62.4 Å². The molecule has 0 spiro atoms. The van der Waals surface area contributed by atoms with Crippen LogP contribution in [0.15, 0.2) is 48.5 Å². The molecular formula is C24H28N2O3. The third-order valence-electron chi connectivity index (χ3n) is 6.31. The fourth-order valence-corrected chi connectivity index (χ4v) is 4.63. The first-order valence-corrected chi connectivity index (χ1v) is 10.5. The quantitative estimate of drug-likeness (QED) is 0.863. The van der Waals surface area contributed by atoms with Crippen molar-refractivity contribution < 1.29 is 14.7 Å². The number of carboxylic acids is 1. The molecule has 2 atom stereocenters. The van der Waals surface area contributed by atoms with Gasteiger partial charge in [0.25, 0.3) is 5.91 Å². The smallest absolute Gasteiger partial charge is 0.307 e. The van der Waals surface area contributed by atoms with Gasteiger partial charge < -0.3 is 10.0 Å². The molecule has 1 amide bonds. The van der Waals surface area contributed by atoms with Crippen molar-refractivity contribution in [2.24, 2.45) is 5.92 Å². The summed E-state index contributed by atoms with van der Waals surface area (Å²) in [6.45, 7) is 4.09. The van der Waals surface area contributed by atoms with Crippen molar-refractivity contribution in [1.82, 2.24) is 4.90 Å². The predicted molar refractivity (Wildman–Crippen MR) is 113 cm³/mol. The molecule has 1 saturated heterocycles. The number of carbonyl (C=O) groups is 2. The number of likely N-dealkylation sites (tertiary alicyclic amines) is 1. The van der Waals surface area contributed by atoms with E-state index in [0.717, 1.165) is 49.0 Å². The number of benzene rings is 2. The van der Waals surface area contributed by atoms with Crippen LogP contribution < -0.4 is 4.90 Å². The van der Waals surface area contributed by atoms with E-state index in [1.54, 1.807) is 0 Å². The molecule has 2 aliphatic rings. The maximum Gasteiger partial charge on any atom is 0.307 e. The van der Waals surface area contributed by atoms with Gasteiger partial charge >= 0.3 is 5.97 Å². The summed E-state index contributed by atoms with van der Waals surface area (Å²) in [6, 6.07) is 16.1. The Morgan fingerprint density at radius 1 is 1.10 bits per heavy atom. The van der Waals surface area contributed by atoms with Gasteiger partial charge in [-0.1, -0.05) is 36.4 Å². The molecule has 2 aromatic rings. The summed E-state index contributed by atoms with van der Waals surface area (Å²) < 4.78 is 0. The second kappa shape index (κ2) is 8.37. The molecule has 2 aromatic carbocycles. The number of carboxylic acid groups (broad SMARTS) is 1. The average Bonchev–Trinajstić information content (AvgIpc) is 2.75. The van der Waals surface area contributed by atoms with E-state index in [4.69, 9.17) is 0 Å². The molecule has 2 aliphatic heterocycles. The Hall–Kier alpha value is -2.66. The van der Waals surface area contributed by atoms with Crippen LogP contribution in [0.4, 0.5) is 5.69 Å². The highest BCUT2D eigenvalue weighted by molar-refractivity contribution is 6.07. The van der Waals surface area contributed by atoms with Crippen LogP contribution >= 0.6 is 0 Å². The van der Waals surface area contributed by atoms with Crippen molar-refractivity contribution in [1.29, 1.82) is 0 Å². The summed E-state index contributed by atoms with van der Waals surface area (Å²) in [5, 5.41) is 9.42. The first kappa shape index (κ1) is 19.6. The molecule has 2 heterocycles. The van der Waals surface area contributed by atoms with Gasteiger partial charge in [0.15, 0.2) is 0 Å². The van der Waals surface area contributed by atoms with Gasteiger partial charge in [0.2, 0.25) is 0 Å². The molecule has 1 fully saturated rings. The Bertz CT molecular complexity index is 911. The molecule has 5 nitrogen and oxygen atoms in total. The molecule has 152 valence electrons. The van der Waals surface area contributed by atoms with E-state index in [0.29, 0.717) is 13.1 Å². The van der Waals surface area contributed by atoms with Crippen molar-refractivity contribution in [3.05, 3.63) is 65.2 Å². The number of hydrogen-bond acceptors (Lipinski definition) is 3. The van der Waals surface area contributed by atoms with Crippen molar-refractivity contribution in [3.63, 3.8) is 0 Å². The van der Waals surface area contributed by atoms with Crippen LogP contribution in [-0.4, -0.2) is 47.6 Å². The Morgan fingerprint density at radius 2 is 1.79 bits per heavy atom. The summed E-state index contributed by atoms with van der Waals surface area (Å²) >= 11 is 0. The Kier molecular flexibility index (Phi) is 5.67. The van der Waals surface area contributed by atoms with Crippen LogP contribution in [-0.2, 0) is 17.6 Å². The Balaban J connectivity index is 1.63. The molecular weight excluding hydrogens is 364 g/mol. The minimum atomic E-state index is -0.719. The summed E-state index contributed by atoms with van der Waals surface area (Å²) in [5.74, 6) is -1.00. The molecule has 0 saturated carbocycles. The van der Waals surface area contributed by atoms with E-state index in [2.05, 4.69) is 17.9 Å². The molecule has 5 heteroatoms. The molecule has 0 radical (unpaired) electrons. The summed E-state index contributed by atoms with van der Waals surface area (Å²) in [5.41, 5.74) is 4.03. The number of rotatable bonds is 4. The first-order chi connectivity index (χ1) is 14.0. The van der Waals surface area contributed by atoms with E-state index >= 15 is 0 Å². The fraction of sp³-hybridized carbons (Fsp3) is 0.417. The topological polar surface area (TPSA) is 60.9 Å². The number of anilines is 1. The molecule has 0 bridgehead atoms. The van der Waals surface area contributed by atoms with Gasteiger partial charge in [0.05, 0.1) is 5.92 Å². The fourth-order valence-electron chi connectivity index (χ4n) is 4.63. The SMILES string of the molecule is C[C@H](CN1C(=O)c2ccccc2CCc2ccccc21)N1CCCC(C(=O)O)C1. The maximum absolute atomic E-state index is 13.6. The number of hydrogen-bond donors (Lipinski definition) is 1. The van der Waals surface area contributed by atoms with E-state index in [-0.39, 0.29) is 17.9 Å². The number of nitrogens with zero attached hydrogens (tertiary/aromatic N) is 2. The minimum absolute atomic E-state index is 0.0337. The standard InChI is InChI=1S/C24H28N2O3/c1-17(25-14-6-9-20(16-25)24(28)29)15-26-22-11-5-3-8-19(22)13-12-18-7-2-4-10-21(18)23(26)27/h2-5,7-8,10-11,17,20H,6,9,12-16H2,1H3,(H,28,29)/t17-,20?/m1/s1. The van der Waals surface area contributed by atoms with Gasteiger partial charge in [-0.15, -0.1) is 0 Å². The van der Waals surface area contributed by atoms with Crippen LogP contribution in [0.2, 0.25) is 0 Å². The lowest BCUT2D eigenvalue weighted by atomic mass is 9.94. The highest BCUT2D eigenvalue weighted by Crippen LogP contribution is 2.29. The van der Waals surface area contributed by atoms with Crippen LogP contribution in [0, 0.1) is 5.92 Å². The normalized spacial score (nSPS) is 20.9. The number of amides is 1. The second-order valence-corrected chi connectivity index (χ2v) is 8.22. The van der Waals surface area contributed by atoms with Crippen LogP contribution in [0.1, 0.15) is 41.3 Å². The Labute approximate surface area is 171 Å². The lowest BCUT2D eigenvalue weighted by Crippen LogP contribution is -2.49. The summed E-state index contributed by atoms with van der Waals surface area (Å²) in [4.78, 5) is 29.1. The van der Waals surface area contributed by atoms with Crippen molar-refractivity contribution in [2.75, 3.05) is 24.5 Å². The summed E-state index contributed by atoms with van der Waals surface area (Å²) in [7, 11) is 0. The van der Waals surface area contributed by atoms with Crippen LogP contribution in [0.25, 0.3) is 0 Å². The number of piperidine rings is 1. The van der Waals surface area contributed by atoms with Crippen LogP contribution in [0.5, 0.6) is 0 Å². The van der Waals surface area contributed by atoms with Gasteiger partial charge in [-0.3, -0.25) is 14.5 Å². The zero-order valence-electron chi connectivity index (χ0n) is 16.9.